The third-order valence-electron chi connectivity index (χ3n) is 3.64. The van der Waals surface area contributed by atoms with E-state index < -0.39 is 35.8 Å². The summed E-state index contributed by atoms with van der Waals surface area (Å²) in [7, 11) is 0. The molecule has 11 heteroatoms. The average Bonchev–Trinajstić information content (AvgIpc) is 2.95. The van der Waals surface area contributed by atoms with Gasteiger partial charge in [0.1, 0.15) is 6.04 Å². The van der Waals surface area contributed by atoms with Gasteiger partial charge in [0.2, 0.25) is 17.8 Å². The second kappa shape index (κ2) is 6.03. The van der Waals surface area contributed by atoms with E-state index in [0.29, 0.717) is 16.3 Å². The third-order valence-corrected chi connectivity index (χ3v) is 4.05. The maximum absolute atomic E-state index is 12.8. The van der Waals surface area contributed by atoms with Crippen molar-refractivity contribution in [1.29, 1.82) is 0 Å². The molecule has 1 aromatic heterocycles. The third kappa shape index (κ3) is 3.29. The predicted octanol–water partition coefficient (Wildman–Crippen LogP) is 2.78. The van der Waals surface area contributed by atoms with Crippen molar-refractivity contribution < 1.29 is 22.8 Å². The highest BCUT2D eigenvalue weighted by Crippen LogP contribution is 2.32. The van der Waals surface area contributed by atoms with E-state index >= 15 is 0 Å². The van der Waals surface area contributed by atoms with E-state index in [1.807, 2.05) is 0 Å². The lowest BCUT2D eigenvalue weighted by molar-refractivity contribution is -0.145. The van der Waals surface area contributed by atoms with Gasteiger partial charge in [0.05, 0.1) is 6.42 Å². The van der Waals surface area contributed by atoms with E-state index in [1.54, 1.807) is 25.1 Å². The summed E-state index contributed by atoms with van der Waals surface area (Å²) in [5, 5.41) is 8.46. The molecule has 1 aromatic carbocycles. The molecule has 0 spiro atoms. The molecule has 2 amide bonds. The second-order valence-corrected chi connectivity index (χ2v) is 5.78. The van der Waals surface area contributed by atoms with Crippen LogP contribution >= 0.6 is 11.6 Å². The Morgan fingerprint density at radius 3 is 2.84 bits per heavy atom. The lowest BCUT2D eigenvalue weighted by atomic mass is 10.1. The summed E-state index contributed by atoms with van der Waals surface area (Å²) in [4.78, 5) is 27.4. The molecule has 0 saturated heterocycles. The van der Waals surface area contributed by atoms with Crippen molar-refractivity contribution >= 4 is 35.1 Å². The van der Waals surface area contributed by atoms with E-state index in [4.69, 9.17) is 11.6 Å². The molecule has 3 rings (SSSR count). The van der Waals surface area contributed by atoms with Gasteiger partial charge in [-0.25, -0.2) is 4.68 Å². The van der Waals surface area contributed by atoms with Gasteiger partial charge in [-0.2, -0.15) is 18.2 Å². The first-order chi connectivity index (χ1) is 11.7. The van der Waals surface area contributed by atoms with Crippen LogP contribution in [-0.2, 0) is 15.8 Å². The van der Waals surface area contributed by atoms with Gasteiger partial charge in [0, 0.05) is 10.7 Å². The van der Waals surface area contributed by atoms with Crippen LogP contribution in [0.25, 0.3) is 0 Å². The molecule has 2 N–H and O–H groups in total. The molecule has 0 aliphatic carbocycles. The van der Waals surface area contributed by atoms with E-state index in [1.165, 1.54) is 0 Å². The van der Waals surface area contributed by atoms with Crippen molar-refractivity contribution in [2.24, 2.45) is 0 Å². The highest BCUT2D eigenvalue weighted by atomic mass is 35.5. The van der Waals surface area contributed by atoms with E-state index in [-0.39, 0.29) is 6.42 Å². The number of hydrogen-bond donors (Lipinski definition) is 2. The Hall–Kier alpha value is -2.62. The minimum Gasteiger partial charge on any atom is -0.324 e. The van der Waals surface area contributed by atoms with Gasteiger partial charge in [-0.15, -0.1) is 5.10 Å². The summed E-state index contributed by atoms with van der Waals surface area (Å²) in [6.07, 6.45) is -5.15. The van der Waals surface area contributed by atoms with Crippen LogP contribution in [0.4, 0.5) is 24.8 Å². The zero-order chi connectivity index (χ0) is 18.4. The SMILES string of the molecule is Cc1c(Cl)cccc1NC(=O)C1CC(=O)Nc2nc(C(F)(F)F)nn21. The van der Waals surface area contributed by atoms with Crippen molar-refractivity contribution in [2.75, 3.05) is 10.6 Å². The zero-order valence-corrected chi connectivity index (χ0v) is 13.4. The maximum Gasteiger partial charge on any atom is 0.453 e. The second-order valence-electron chi connectivity index (χ2n) is 5.37. The number of rotatable bonds is 2. The Bertz CT molecular complexity index is 865. The van der Waals surface area contributed by atoms with Crippen LogP contribution in [0.5, 0.6) is 0 Å². The maximum atomic E-state index is 12.8. The molecule has 2 aromatic rings. The molecule has 1 aliphatic heterocycles. The zero-order valence-electron chi connectivity index (χ0n) is 12.7. The molecule has 132 valence electrons. The van der Waals surface area contributed by atoms with Gasteiger partial charge in [-0.05, 0) is 24.6 Å². The number of fused-ring (bicyclic) bond motifs is 1. The Morgan fingerprint density at radius 2 is 2.16 bits per heavy atom. The summed E-state index contributed by atoms with van der Waals surface area (Å²) >= 11 is 5.97. The number of alkyl halides is 3. The molecule has 1 unspecified atom stereocenters. The molecule has 1 aliphatic rings. The Morgan fingerprint density at radius 1 is 1.44 bits per heavy atom. The molecule has 25 heavy (non-hydrogen) atoms. The Labute approximate surface area is 144 Å². The minimum atomic E-state index is -4.79. The van der Waals surface area contributed by atoms with Crippen LogP contribution < -0.4 is 10.6 Å². The number of anilines is 2. The average molecular weight is 374 g/mol. The normalized spacial score (nSPS) is 17.0. The number of hydrogen-bond acceptors (Lipinski definition) is 4. The number of halogens is 4. The number of carbonyl (C=O) groups excluding carboxylic acids is 2. The van der Waals surface area contributed by atoms with Gasteiger partial charge in [0.25, 0.3) is 5.82 Å². The number of nitrogens with one attached hydrogen (secondary N) is 2. The van der Waals surface area contributed by atoms with E-state index in [2.05, 4.69) is 20.7 Å². The number of aromatic nitrogens is 3. The number of carbonyl (C=O) groups is 2. The molecule has 0 saturated carbocycles. The summed E-state index contributed by atoms with van der Waals surface area (Å²) in [5.41, 5.74) is 0.980. The van der Waals surface area contributed by atoms with Crippen molar-refractivity contribution in [1.82, 2.24) is 14.8 Å². The molecule has 1 atom stereocenters. The number of amides is 2. The van der Waals surface area contributed by atoms with Gasteiger partial charge >= 0.3 is 6.18 Å². The van der Waals surface area contributed by atoms with E-state index in [9.17, 15) is 22.8 Å². The fourth-order valence-electron chi connectivity index (χ4n) is 2.35. The van der Waals surface area contributed by atoms with Crippen LogP contribution in [0.15, 0.2) is 18.2 Å². The van der Waals surface area contributed by atoms with Crippen molar-refractivity contribution in [3.8, 4) is 0 Å². The summed E-state index contributed by atoms with van der Waals surface area (Å²) < 4.78 is 39.1. The largest absolute Gasteiger partial charge is 0.453 e. The summed E-state index contributed by atoms with van der Waals surface area (Å²) in [5.74, 6) is -3.18. The molecule has 7 nitrogen and oxygen atoms in total. The standard InChI is InChI=1S/C14H11ClF3N5O2/c1-6-7(15)3-2-4-8(6)19-11(25)9-5-10(24)20-13-21-12(14(16,17)18)22-23(9)13/h2-4,9H,5H2,1H3,(H,19,25)(H,20,21,22,24). The van der Waals surface area contributed by atoms with Crippen LogP contribution in [0.1, 0.15) is 23.9 Å². The highest BCUT2D eigenvalue weighted by molar-refractivity contribution is 6.31. The summed E-state index contributed by atoms with van der Waals surface area (Å²) in [6, 6.07) is 3.57. The first kappa shape index (κ1) is 17.2. The monoisotopic (exact) mass is 373 g/mol. The molecule has 0 radical (unpaired) electrons. The van der Waals surface area contributed by atoms with Crippen LogP contribution in [0.2, 0.25) is 5.02 Å². The quantitative estimate of drug-likeness (QED) is 0.847. The molecule has 0 fully saturated rings. The predicted molar refractivity (Wildman–Crippen MR) is 82.1 cm³/mol. The Balaban J connectivity index is 1.92. The van der Waals surface area contributed by atoms with Gasteiger partial charge in [-0.3, -0.25) is 14.9 Å². The van der Waals surface area contributed by atoms with E-state index in [0.717, 1.165) is 4.68 Å². The van der Waals surface area contributed by atoms with Crippen LogP contribution in [-0.4, -0.2) is 26.6 Å². The smallest absolute Gasteiger partial charge is 0.324 e. The minimum absolute atomic E-state index is 0.362. The van der Waals surface area contributed by atoms with Gasteiger partial charge in [-0.1, -0.05) is 17.7 Å². The van der Waals surface area contributed by atoms with Crippen LogP contribution in [0, 0.1) is 6.92 Å². The van der Waals surface area contributed by atoms with Gasteiger partial charge < -0.3 is 5.32 Å². The summed E-state index contributed by atoms with van der Waals surface area (Å²) in [6.45, 7) is 1.67. The molecule has 0 bridgehead atoms. The van der Waals surface area contributed by atoms with Crippen molar-refractivity contribution in [3.63, 3.8) is 0 Å². The highest BCUT2D eigenvalue weighted by Gasteiger charge is 2.41. The lowest BCUT2D eigenvalue weighted by Crippen LogP contribution is -2.36. The molecular weight excluding hydrogens is 363 g/mol. The molecule has 2 heterocycles. The van der Waals surface area contributed by atoms with Crippen LogP contribution in [0.3, 0.4) is 0 Å². The van der Waals surface area contributed by atoms with Crippen molar-refractivity contribution in [3.05, 3.63) is 34.6 Å². The topological polar surface area (TPSA) is 88.9 Å². The lowest BCUT2D eigenvalue weighted by Gasteiger charge is -2.22. The fourth-order valence-corrected chi connectivity index (χ4v) is 2.52. The first-order valence-electron chi connectivity index (χ1n) is 7.06. The number of nitrogens with zero attached hydrogens (tertiary/aromatic N) is 3. The Kier molecular flexibility index (Phi) is 4.15. The molecular formula is C14H11ClF3N5O2. The fraction of sp³-hybridized carbons (Fsp3) is 0.286. The number of benzene rings is 1. The first-order valence-corrected chi connectivity index (χ1v) is 7.44. The van der Waals surface area contributed by atoms with Crippen molar-refractivity contribution in [2.45, 2.75) is 25.6 Å². The van der Waals surface area contributed by atoms with Gasteiger partial charge in [0.15, 0.2) is 0 Å².